The zero-order valence-electron chi connectivity index (χ0n) is 10.6. The van der Waals surface area contributed by atoms with Crippen LogP contribution in [0, 0.1) is 5.92 Å². The molecular weight excluding hydrogens is 216 g/mol. The molecule has 2 N–H and O–H groups in total. The van der Waals surface area contributed by atoms with Gasteiger partial charge in [-0.1, -0.05) is 44.8 Å². The van der Waals surface area contributed by atoms with Crippen LogP contribution in [-0.2, 0) is 0 Å². The van der Waals surface area contributed by atoms with Gasteiger partial charge in [0.25, 0.3) is 0 Å². The van der Waals surface area contributed by atoms with Gasteiger partial charge in [-0.25, -0.2) is 0 Å². The van der Waals surface area contributed by atoms with Gasteiger partial charge in [0.2, 0.25) is 0 Å². The van der Waals surface area contributed by atoms with E-state index in [1.54, 1.807) is 0 Å². The van der Waals surface area contributed by atoms with Crippen molar-refractivity contribution in [2.24, 2.45) is 11.7 Å². The van der Waals surface area contributed by atoms with Crippen LogP contribution in [0.5, 0.6) is 0 Å². The molecule has 3 heteroatoms. The first kappa shape index (κ1) is 13.9. The first-order chi connectivity index (χ1) is 7.74. The topological polar surface area (TPSA) is 29.3 Å². The summed E-state index contributed by atoms with van der Waals surface area (Å²) in [6.07, 6.45) is 9.27. The maximum Gasteiger partial charge on any atom is 0.0771 e. The van der Waals surface area contributed by atoms with Crippen molar-refractivity contribution in [3.05, 3.63) is 0 Å². The van der Waals surface area contributed by atoms with Crippen molar-refractivity contribution in [3.8, 4) is 0 Å². The van der Waals surface area contributed by atoms with E-state index in [9.17, 15) is 0 Å². The highest BCUT2D eigenvalue weighted by molar-refractivity contribution is 7.80. The van der Waals surface area contributed by atoms with Crippen LogP contribution in [0.1, 0.15) is 51.9 Å². The van der Waals surface area contributed by atoms with Crippen molar-refractivity contribution in [2.75, 3.05) is 19.6 Å². The minimum atomic E-state index is 0.472. The van der Waals surface area contributed by atoms with Crippen LogP contribution in [-0.4, -0.2) is 29.5 Å². The second kappa shape index (κ2) is 8.02. The molecule has 1 aliphatic heterocycles. The Morgan fingerprint density at radius 1 is 1.31 bits per heavy atom. The molecule has 0 saturated carbocycles. The predicted octanol–water partition coefficient (Wildman–Crippen LogP) is 2.95. The molecule has 0 spiro atoms. The van der Waals surface area contributed by atoms with Crippen molar-refractivity contribution < 1.29 is 0 Å². The van der Waals surface area contributed by atoms with Gasteiger partial charge in [0.15, 0.2) is 0 Å². The SMILES string of the molecule is CCCCCCCN1CCCC(C(N)=S)C1. The fraction of sp³-hybridized carbons (Fsp3) is 0.923. The Hall–Kier alpha value is -0.150. The van der Waals surface area contributed by atoms with Crippen molar-refractivity contribution in [3.63, 3.8) is 0 Å². The number of nitrogens with two attached hydrogens (primary N) is 1. The molecule has 0 bridgehead atoms. The number of thiocarbonyl (C=S) groups is 1. The van der Waals surface area contributed by atoms with E-state index >= 15 is 0 Å². The van der Waals surface area contributed by atoms with Gasteiger partial charge in [-0.2, -0.15) is 0 Å². The van der Waals surface area contributed by atoms with Gasteiger partial charge in [0.1, 0.15) is 0 Å². The summed E-state index contributed by atoms with van der Waals surface area (Å²) < 4.78 is 0. The van der Waals surface area contributed by atoms with Crippen molar-refractivity contribution >= 4 is 17.2 Å². The van der Waals surface area contributed by atoms with E-state index in [1.165, 1.54) is 58.0 Å². The largest absolute Gasteiger partial charge is 0.393 e. The first-order valence-corrected chi connectivity index (χ1v) is 7.16. The number of rotatable bonds is 7. The summed E-state index contributed by atoms with van der Waals surface area (Å²) in [5, 5.41) is 0. The Bertz CT molecular complexity index is 206. The highest BCUT2D eigenvalue weighted by atomic mass is 32.1. The lowest BCUT2D eigenvalue weighted by molar-refractivity contribution is 0.201. The lowest BCUT2D eigenvalue weighted by Gasteiger charge is -2.32. The molecule has 94 valence electrons. The number of unbranched alkanes of at least 4 members (excludes halogenated alkanes) is 4. The lowest BCUT2D eigenvalue weighted by Crippen LogP contribution is -2.40. The Labute approximate surface area is 106 Å². The zero-order valence-corrected chi connectivity index (χ0v) is 11.4. The molecule has 0 amide bonds. The minimum absolute atomic E-state index is 0.472. The first-order valence-electron chi connectivity index (χ1n) is 6.75. The summed E-state index contributed by atoms with van der Waals surface area (Å²) in [7, 11) is 0. The van der Waals surface area contributed by atoms with Crippen LogP contribution in [0.15, 0.2) is 0 Å². The van der Waals surface area contributed by atoms with E-state index in [-0.39, 0.29) is 0 Å². The third-order valence-corrected chi connectivity index (χ3v) is 3.82. The molecule has 1 saturated heterocycles. The fourth-order valence-electron chi connectivity index (χ4n) is 2.43. The van der Waals surface area contributed by atoms with Crippen LogP contribution in [0.2, 0.25) is 0 Å². The summed E-state index contributed by atoms with van der Waals surface area (Å²) in [5.41, 5.74) is 5.73. The highest BCUT2D eigenvalue weighted by Crippen LogP contribution is 2.17. The molecule has 1 aliphatic rings. The monoisotopic (exact) mass is 242 g/mol. The second-order valence-corrected chi connectivity index (χ2v) is 5.43. The van der Waals surface area contributed by atoms with E-state index < -0.39 is 0 Å². The van der Waals surface area contributed by atoms with Gasteiger partial charge in [-0.3, -0.25) is 0 Å². The molecule has 2 nitrogen and oxygen atoms in total. The number of likely N-dealkylation sites (tertiary alicyclic amines) is 1. The van der Waals surface area contributed by atoms with Crippen LogP contribution in [0.25, 0.3) is 0 Å². The standard InChI is InChI=1S/C13H26N2S/c1-2-3-4-5-6-9-15-10-7-8-12(11-15)13(14)16/h12H,2-11H2,1H3,(H2,14,16). The van der Waals surface area contributed by atoms with Crippen LogP contribution in [0.4, 0.5) is 0 Å². The third kappa shape index (κ3) is 5.26. The Morgan fingerprint density at radius 3 is 2.75 bits per heavy atom. The predicted molar refractivity (Wildman–Crippen MR) is 74.7 cm³/mol. The molecule has 0 aromatic carbocycles. The fourth-order valence-corrected chi connectivity index (χ4v) is 2.62. The third-order valence-electron chi connectivity index (χ3n) is 3.49. The maximum atomic E-state index is 5.73. The Balaban J connectivity index is 2.10. The molecule has 0 aliphatic carbocycles. The van der Waals surface area contributed by atoms with Gasteiger partial charge < -0.3 is 10.6 Å². The maximum absolute atomic E-state index is 5.73. The van der Waals surface area contributed by atoms with Crippen LogP contribution >= 0.6 is 12.2 Å². The van der Waals surface area contributed by atoms with E-state index in [2.05, 4.69) is 11.8 Å². The summed E-state index contributed by atoms with van der Waals surface area (Å²) >= 11 is 5.09. The molecule has 16 heavy (non-hydrogen) atoms. The summed E-state index contributed by atoms with van der Waals surface area (Å²) in [5.74, 6) is 0.472. The van der Waals surface area contributed by atoms with Crippen molar-refractivity contribution in [1.29, 1.82) is 0 Å². The van der Waals surface area contributed by atoms with E-state index in [1.807, 2.05) is 0 Å². The van der Waals surface area contributed by atoms with E-state index in [4.69, 9.17) is 18.0 Å². The number of hydrogen-bond donors (Lipinski definition) is 1. The van der Waals surface area contributed by atoms with E-state index in [0.717, 1.165) is 11.5 Å². The van der Waals surface area contributed by atoms with Gasteiger partial charge in [-0.05, 0) is 32.4 Å². The molecule has 1 atom stereocenters. The molecular formula is C13H26N2S. The van der Waals surface area contributed by atoms with Crippen LogP contribution in [0.3, 0.4) is 0 Å². The zero-order chi connectivity index (χ0) is 11.8. The molecule has 1 fully saturated rings. The molecule has 0 radical (unpaired) electrons. The summed E-state index contributed by atoms with van der Waals surface area (Å²) in [6, 6.07) is 0. The average molecular weight is 242 g/mol. The van der Waals surface area contributed by atoms with E-state index in [0.29, 0.717) is 5.92 Å². The van der Waals surface area contributed by atoms with Gasteiger partial charge in [0, 0.05) is 12.5 Å². The summed E-state index contributed by atoms with van der Waals surface area (Å²) in [4.78, 5) is 3.26. The number of nitrogens with zero attached hydrogens (tertiary/aromatic N) is 1. The smallest absolute Gasteiger partial charge is 0.0771 e. The normalized spacial score (nSPS) is 22.2. The van der Waals surface area contributed by atoms with Crippen molar-refractivity contribution in [1.82, 2.24) is 4.90 Å². The summed E-state index contributed by atoms with van der Waals surface area (Å²) in [6.45, 7) is 5.84. The Kier molecular flexibility index (Phi) is 6.97. The lowest BCUT2D eigenvalue weighted by atomic mass is 9.98. The van der Waals surface area contributed by atoms with Gasteiger partial charge >= 0.3 is 0 Å². The molecule has 1 unspecified atom stereocenters. The number of hydrogen-bond acceptors (Lipinski definition) is 2. The van der Waals surface area contributed by atoms with Gasteiger partial charge in [0.05, 0.1) is 4.99 Å². The number of piperidine rings is 1. The molecule has 0 aromatic heterocycles. The average Bonchev–Trinajstić information content (AvgIpc) is 2.29. The van der Waals surface area contributed by atoms with Crippen LogP contribution < -0.4 is 5.73 Å². The molecule has 1 heterocycles. The minimum Gasteiger partial charge on any atom is -0.393 e. The molecule has 0 aromatic rings. The Morgan fingerprint density at radius 2 is 2.06 bits per heavy atom. The highest BCUT2D eigenvalue weighted by Gasteiger charge is 2.20. The second-order valence-electron chi connectivity index (χ2n) is 4.96. The quantitative estimate of drug-likeness (QED) is 0.550. The van der Waals surface area contributed by atoms with Crippen molar-refractivity contribution in [2.45, 2.75) is 51.9 Å². The molecule has 1 rings (SSSR count). The van der Waals surface area contributed by atoms with Gasteiger partial charge in [-0.15, -0.1) is 0 Å².